The van der Waals surface area contributed by atoms with Crippen molar-refractivity contribution in [2.24, 2.45) is 0 Å². The number of aromatic amines is 1. The SMILES string of the molecule is CCOC(=O)c1c(C)oc2nc(CN3CCC[C@@H]3c3ccsc3)[nH]c(=O)c12. The maximum atomic E-state index is 12.6. The number of H-pyrrole nitrogens is 1. The van der Waals surface area contributed by atoms with Gasteiger partial charge in [-0.25, -0.2) is 4.79 Å². The maximum Gasteiger partial charge on any atom is 0.342 e. The molecule has 0 amide bonds. The van der Waals surface area contributed by atoms with Crippen molar-refractivity contribution in [1.29, 1.82) is 0 Å². The number of carbonyl (C=O) groups excluding carboxylic acids is 1. The van der Waals surface area contributed by atoms with Crippen molar-refractivity contribution in [3.8, 4) is 0 Å². The van der Waals surface area contributed by atoms with Crippen LogP contribution in [0.25, 0.3) is 11.1 Å². The summed E-state index contributed by atoms with van der Waals surface area (Å²) < 4.78 is 10.6. The second kappa shape index (κ2) is 7.28. The number of thiophene rings is 1. The molecule has 0 radical (unpaired) electrons. The average molecular weight is 387 g/mol. The van der Waals surface area contributed by atoms with Crippen molar-refractivity contribution in [2.75, 3.05) is 13.2 Å². The first-order valence-corrected chi connectivity index (χ1v) is 9.98. The van der Waals surface area contributed by atoms with E-state index < -0.39 is 5.97 Å². The van der Waals surface area contributed by atoms with Gasteiger partial charge in [0.15, 0.2) is 0 Å². The number of fused-ring (bicyclic) bond motifs is 1. The summed E-state index contributed by atoms with van der Waals surface area (Å²) in [4.78, 5) is 34.4. The number of hydrogen-bond acceptors (Lipinski definition) is 7. The lowest BCUT2D eigenvalue weighted by Crippen LogP contribution is -2.25. The molecular formula is C19H21N3O4S. The average Bonchev–Trinajstić information content (AvgIpc) is 3.34. The van der Waals surface area contributed by atoms with Crippen LogP contribution >= 0.6 is 11.3 Å². The van der Waals surface area contributed by atoms with Gasteiger partial charge in [0.1, 0.15) is 22.5 Å². The van der Waals surface area contributed by atoms with Crippen LogP contribution in [0, 0.1) is 6.92 Å². The van der Waals surface area contributed by atoms with Crippen LogP contribution < -0.4 is 5.56 Å². The van der Waals surface area contributed by atoms with Gasteiger partial charge in [-0.1, -0.05) is 0 Å². The summed E-state index contributed by atoms with van der Waals surface area (Å²) in [5, 5.41) is 4.41. The smallest absolute Gasteiger partial charge is 0.342 e. The molecule has 1 saturated heterocycles. The third-order valence-electron chi connectivity index (χ3n) is 4.91. The fourth-order valence-corrected chi connectivity index (χ4v) is 4.44. The molecule has 3 aromatic rings. The van der Waals surface area contributed by atoms with Crippen LogP contribution in [0.4, 0.5) is 0 Å². The highest BCUT2D eigenvalue weighted by molar-refractivity contribution is 7.07. The summed E-state index contributed by atoms with van der Waals surface area (Å²) in [5.41, 5.74) is 1.27. The van der Waals surface area contributed by atoms with Crippen molar-refractivity contribution in [3.05, 3.63) is 49.9 Å². The number of nitrogens with one attached hydrogen (secondary N) is 1. The molecule has 1 aliphatic rings. The Bertz CT molecular complexity index is 1020. The number of nitrogens with zero attached hydrogens (tertiary/aromatic N) is 2. The van der Waals surface area contributed by atoms with E-state index in [-0.39, 0.29) is 28.8 Å². The van der Waals surface area contributed by atoms with Crippen molar-refractivity contribution < 1.29 is 13.9 Å². The first kappa shape index (κ1) is 17.9. The number of furan rings is 1. The number of likely N-dealkylation sites (tertiary alicyclic amines) is 1. The molecule has 4 heterocycles. The van der Waals surface area contributed by atoms with E-state index in [1.165, 1.54) is 5.56 Å². The molecule has 0 unspecified atom stereocenters. The monoisotopic (exact) mass is 387 g/mol. The molecule has 1 fully saturated rings. The minimum absolute atomic E-state index is 0.157. The van der Waals surface area contributed by atoms with Gasteiger partial charge >= 0.3 is 5.97 Å². The van der Waals surface area contributed by atoms with Gasteiger partial charge in [-0.15, -0.1) is 0 Å². The normalized spacial score (nSPS) is 17.6. The van der Waals surface area contributed by atoms with E-state index in [0.29, 0.717) is 24.2 Å². The number of aryl methyl sites for hydroxylation is 1. The van der Waals surface area contributed by atoms with Gasteiger partial charge in [0, 0.05) is 6.04 Å². The van der Waals surface area contributed by atoms with Crippen LogP contribution in [0.5, 0.6) is 0 Å². The van der Waals surface area contributed by atoms with Gasteiger partial charge in [-0.2, -0.15) is 16.3 Å². The van der Waals surface area contributed by atoms with Crippen LogP contribution in [0.2, 0.25) is 0 Å². The second-order valence-corrected chi connectivity index (χ2v) is 7.41. The Hall–Kier alpha value is -2.45. The Labute approximate surface area is 160 Å². The van der Waals surface area contributed by atoms with Gasteiger partial charge in [0.25, 0.3) is 5.56 Å². The minimum Gasteiger partial charge on any atom is -0.462 e. The van der Waals surface area contributed by atoms with E-state index >= 15 is 0 Å². The predicted molar refractivity (Wildman–Crippen MR) is 102 cm³/mol. The van der Waals surface area contributed by atoms with Gasteiger partial charge in [-0.05, 0) is 55.6 Å². The van der Waals surface area contributed by atoms with Gasteiger partial charge in [0.2, 0.25) is 5.71 Å². The molecule has 8 heteroatoms. The molecule has 1 aliphatic heterocycles. The number of esters is 1. The number of rotatable bonds is 5. The van der Waals surface area contributed by atoms with E-state index in [2.05, 4.69) is 31.7 Å². The molecule has 142 valence electrons. The lowest BCUT2D eigenvalue weighted by molar-refractivity contribution is 0.0526. The molecule has 0 spiro atoms. The molecule has 1 N–H and O–H groups in total. The van der Waals surface area contributed by atoms with E-state index in [0.717, 1.165) is 19.4 Å². The molecule has 0 aliphatic carbocycles. The molecular weight excluding hydrogens is 366 g/mol. The molecule has 0 saturated carbocycles. The van der Waals surface area contributed by atoms with Crippen LogP contribution in [0.3, 0.4) is 0 Å². The van der Waals surface area contributed by atoms with Crippen molar-refractivity contribution in [3.63, 3.8) is 0 Å². The number of carbonyl (C=O) groups is 1. The third-order valence-corrected chi connectivity index (χ3v) is 5.61. The molecule has 4 rings (SSSR count). The van der Waals surface area contributed by atoms with E-state index in [9.17, 15) is 9.59 Å². The molecule has 27 heavy (non-hydrogen) atoms. The van der Waals surface area contributed by atoms with E-state index in [1.54, 1.807) is 25.2 Å². The van der Waals surface area contributed by atoms with Gasteiger partial charge in [0.05, 0.1) is 13.2 Å². The Morgan fingerprint density at radius 3 is 3.11 bits per heavy atom. The highest BCUT2D eigenvalue weighted by Gasteiger charge is 2.28. The molecule has 7 nitrogen and oxygen atoms in total. The standard InChI is InChI=1S/C19H21N3O4S/c1-3-25-19(24)15-11(2)26-18-16(15)17(23)20-14(21-18)9-22-7-4-5-13(22)12-6-8-27-10-12/h6,8,10,13H,3-5,7,9H2,1-2H3,(H,20,21,23)/t13-/m1/s1. The second-order valence-electron chi connectivity index (χ2n) is 6.63. The van der Waals surface area contributed by atoms with Crippen LogP contribution in [-0.4, -0.2) is 34.0 Å². The zero-order chi connectivity index (χ0) is 19.0. The first-order valence-electron chi connectivity index (χ1n) is 9.04. The quantitative estimate of drug-likeness (QED) is 0.675. The summed E-state index contributed by atoms with van der Waals surface area (Å²) in [6.07, 6.45) is 2.20. The summed E-state index contributed by atoms with van der Waals surface area (Å²) >= 11 is 1.69. The molecule has 1 atom stereocenters. The van der Waals surface area contributed by atoms with Gasteiger partial charge in [-0.3, -0.25) is 9.69 Å². The Morgan fingerprint density at radius 2 is 2.37 bits per heavy atom. The number of aromatic nitrogens is 2. The molecule has 0 bridgehead atoms. The lowest BCUT2D eigenvalue weighted by Gasteiger charge is -2.23. The summed E-state index contributed by atoms with van der Waals surface area (Å²) in [7, 11) is 0. The summed E-state index contributed by atoms with van der Waals surface area (Å²) in [6.45, 7) is 5.07. The van der Waals surface area contributed by atoms with Crippen molar-refractivity contribution >= 4 is 28.4 Å². The number of ether oxygens (including phenoxy) is 1. The summed E-state index contributed by atoms with van der Waals surface area (Å²) in [5.74, 6) is 0.320. The minimum atomic E-state index is -0.564. The summed E-state index contributed by atoms with van der Waals surface area (Å²) in [6, 6.07) is 2.49. The molecule has 0 aromatic carbocycles. The first-order chi connectivity index (χ1) is 13.1. The van der Waals surface area contributed by atoms with Crippen molar-refractivity contribution in [2.45, 2.75) is 39.3 Å². The van der Waals surface area contributed by atoms with E-state index in [4.69, 9.17) is 9.15 Å². The lowest BCUT2D eigenvalue weighted by atomic mass is 10.1. The fraction of sp³-hybridized carbons (Fsp3) is 0.421. The molecule has 3 aromatic heterocycles. The zero-order valence-corrected chi connectivity index (χ0v) is 16.1. The topological polar surface area (TPSA) is 88.4 Å². The predicted octanol–water partition coefficient (Wildman–Crippen LogP) is 3.40. The van der Waals surface area contributed by atoms with Crippen LogP contribution in [0.1, 0.15) is 53.3 Å². The largest absolute Gasteiger partial charge is 0.462 e. The Morgan fingerprint density at radius 1 is 1.52 bits per heavy atom. The highest BCUT2D eigenvalue weighted by atomic mass is 32.1. The van der Waals surface area contributed by atoms with Crippen molar-refractivity contribution in [1.82, 2.24) is 14.9 Å². The zero-order valence-electron chi connectivity index (χ0n) is 15.3. The van der Waals surface area contributed by atoms with Crippen LogP contribution in [0.15, 0.2) is 26.0 Å². The maximum absolute atomic E-state index is 12.6. The fourth-order valence-electron chi connectivity index (χ4n) is 3.74. The third kappa shape index (κ3) is 3.30. The van der Waals surface area contributed by atoms with E-state index in [1.807, 2.05) is 0 Å². The number of hydrogen-bond donors (Lipinski definition) is 1. The highest BCUT2D eigenvalue weighted by Crippen LogP contribution is 2.34. The van der Waals surface area contributed by atoms with Crippen LogP contribution in [-0.2, 0) is 11.3 Å². The Kier molecular flexibility index (Phi) is 4.84. The Balaban J connectivity index is 1.66. The van der Waals surface area contributed by atoms with Gasteiger partial charge < -0.3 is 14.1 Å².